The molecule has 1 amide bonds. The third-order valence-corrected chi connectivity index (χ3v) is 5.09. The van der Waals surface area contributed by atoms with Crippen molar-refractivity contribution >= 4 is 21.8 Å². The van der Waals surface area contributed by atoms with Crippen LogP contribution in [0, 0.1) is 5.82 Å². The molecule has 23 heavy (non-hydrogen) atoms. The zero-order valence-corrected chi connectivity index (χ0v) is 14.7. The van der Waals surface area contributed by atoms with Crippen molar-refractivity contribution in [1.29, 1.82) is 0 Å². The second kappa shape index (κ2) is 8.26. The molecule has 6 nitrogen and oxygen atoms in total. The van der Waals surface area contributed by atoms with Crippen LogP contribution in [0.5, 0.6) is 0 Å². The van der Waals surface area contributed by atoms with Gasteiger partial charge < -0.3 is 5.32 Å². The fourth-order valence-electron chi connectivity index (χ4n) is 2.07. The van der Waals surface area contributed by atoms with E-state index < -0.39 is 21.9 Å². The summed E-state index contributed by atoms with van der Waals surface area (Å²) in [6.07, 6.45) is 1.72. The van der Waals surface area contributed by atoms with Gasteiger partial charge in [0.2, 0.25) is 5.91 Å². The minimum Gasteiger partial charge on any atom is -0.352 e. The first-order valence-electron chi connectivity index (χ1n) is 7.43. The molecule has 0 saturated heterocycles. The number of benzene rings is 1. The van der Waals surface area contributed by atoms with Crippen LogP contribution < -0.4 is 9.62 Å². The normalized spacial score (nSPS) is 13.0. The number of carbonyl (C=O) groups is 1. The molecule has 1 aromatic rings. The van der Waals surface area contributed by atoms with Crippen molar-refractivity contribution in [2.24, 2.45) is 0 Å². The molecule has 0 aliphatic heterocycles. The molecule has 0 radical (unpaired) electrons. The molecular formula is C15H24FN3O3S. The quantitative estimate of drug-likeness (QED) is 0.780. The van der Waals surface area contributed by atoms with Crippen molar-refractivity contribution in [3.05, 3.63) is 30.1 Å². The van der Waals surface area contributed by atoms with Gasteiger partial charge in [0.25, 0.3) is 0 Å². The summed E-state index contributed by atoms with van der Waals surface area (Å²) in [5.41, 5.74) is 0.235. The second-order valence-electron chi connectivity index (χ2n) is 5.53. The summed E-state index contributed by atoms with van der Waals surface area (Å²) in [7, 11) is -1.11. The summed E-state index contributed by atoms with van der Waals surface area (Å²) in [4.78, 5) is 12.1. The van der Waals surface area contributed by atoms with Gasteiger partial charge in [0.05, 0.1) is 5.69 Å². The van der Waals surface area contributed by atoms with Crippen LogP contribution in [0.4, 0.5) is 10.1 Å². The van der Waals surface area contributed by atoms with Crippen LogP contribution in [0.25, 0.3) is 0 Å². The Labute approximate surface area is 137 Å². The van der Waals surface area contributed by atoms with Crippen LogP contribution in [0.15, 0.2) is 24.3 Å². The number of carbonyl (C=O) groups excluding carboxylic acids is 1. The third-order valence-electron chi connectivity index (χ3n) is 3.27. The number of nitrogens with one attached hydrogen (secondary N) is 1. The molecule has 1 N–H and O–H groups in total. The smallest absolute Gasteiger partial charge is 0.304 e. The molecule has 130 valence electrons. The molecule has 0 aliphatic rings. The fourth-order valence-corrected chi connectivity index (χ4v) is 3.13. The number of hydrogen-bond acceptors (Lipinski definition) is 3. The molecule has 0 spiro atoms. The predicted molar refractivity (Wildman–Crippen MR) is 88.9 cm³/mol. The lowest BCUT2D eigenvalue weighted by atomic mass is 10.2. The maximum atomic E-state index is 13.1. The molecule has 0 bridgehead atoms. The average molecular weight is 345 g/mol. The topological polar surface area (TPSA) is 69.7 Å². The van der Waals surface area contributed by atoms with Gasteiger partial charge in [-0.3, -0.25) is 4.79 Å². The van der Waals surface area contributed by atoms with E-state index in [0.717, 1.165) is 33.6 Å². The molecule has 0 fully saturated rings. The largest absolute Gasteiger partial charge is 0.352 e. The number of nitrogens with zero attached hydrogens (tertiary/aromatic N) is 2. The highest BCUT2D eigenvalue weighted by molar-refractivity contribution is 7.90. The van der Waals surface area contributed by atoms with Gasteiger partial charge in [-0.15, -0.1) is 0 Å². The molecule has 1 rings (SSSR count). The Balaban J connectivity index is 3.02. The van der Waals surface area contributed by atoms with Crippen molar-refractivity contribution < 1.29 is 17.6 Å². The Hall–Kier alpha value is -1.67. The highest BCUT2D eigenvalue weighted by Crippen LogP contribution is 2.19. The van der Waals surface area contributed by atoms with Crippen LogP contribution >= 0.6 is 0 Å². The van der Waals surface area contributed by atoms with Gasteiger partial charge in [0.1, 0.15) is 12.4 Å². The molecule has 1 aromatic carbocycles. The maximum Gasteiger partial charge on any atom is 0.304 e. The van der Waals surface area contributed by atoms with Gasteiger partial charge >= 0.3 is 10.2 Å². The summed E-state index contributed by atoms with van der Waals surface area (Å²) in [5.74, 6) is -0.877. The lowest BCUT2D eigenvalue weighted by molar-refractivity contribution is -0.120. The van der Waals surface area contributed by atoms with E-state index in [1.165, 1.54) is 26.2 Å². The zero-order valence-electron chi connectivity index (χ0n) is 13.9. The van der Waals surface area contributed by atoms with E-state index in [9.17, 15) is 17.6 Å². The first-order valence-corrected chi connectivity index (χ1v) is 8.83. The first kappa shape index (κ1) is 19.4. The maximum absolute atomic E-state index is 13.1. The minimum absolute atomic E-state index is 0.0374. The van der Waals surface area contributed by atoms with Crippen molar-refractivity contribution in [3.63, 3.8) is 0 Å². The van der Waals surface area contributed by atoms with Gasteiger partial charge in [-0.25, -0.2) is 8.70 Å². The van der Waals surface area contributed by atoms with Gasteiger partial charge in [-0.1, -0.05) is 13.3 Å². The Morgan fingerprint density at radius 1 is 1.26 bits per heavy atom. The number of hydrogen-bond donors (Lipinski definition) is 1. The van der Waals surface area contributed by atoms with Crippen LogP contribution in [-0.2, 0) is 15.0 Å². The molecular weight excluding hydrogens is 321 g/mol. The highest BCUT2D eigenvalue weighted by atomic mass is 32.2. The zero-order chi connectivity index (χ0) is 17.6. The summed E-state index contributed by atoms with van der Waals surface area (Å²) in [6, 6.07) is 4.94. The summed E-state index contributed by atoms with van der Waals surface area (Å²) in [6.45, 7) is 3.51. The standard InChI is InChI=1S/C15H24FN3O3S/c1-5-6-12(2)17-15(20)11-19(23(21,22)18(3)4)14-9-7-13(16)8-10-14/h7-10,12H,5-6,11H2,1-4H3,(H,17,20)/t12-/m1/s1. The van der Waals surface area contributed by atoms with Crippen LogP contribution in [0.1, 0.15) is 26.7 Å². The molecule has 0 unspecified atom stereocenters. The number of halogens is 1. The number of amides is 1. The van der Waals surface area contributed by atoms with E-state index in [1.807, 2.05) is 13.8 Å². The van der Waals surface area contributed by atoms with Crippen molar-refractivity contribution in [2.45, 2.75) is 32.7 Å². The van der Waals surface area contributed by atoms with Crippen LogP contribution in [0.2, 0.25) is 0 Å². The Kier molecular flexibility index (Phi) is 6.96. The van der Waals surface area contributed by atoms with Gasteiger partial charge in [0, 0.05) is 20.1 Å². The Bertz CT molecular complexity index is 617. The average Bonchev–Trinajstić information content (AvgIpc) is 2.45. The van der Waals surface area contributed by atoms with E-state index in [0.29, 0.717) is 0 Å². The first-order chi connectivity index (χ1) is 10.7. The lowest BCUT2D eigenvalue weighted by Crippen LogP contribution is -2.47. The monoisotopic (exact) mass is 345 g/mol. The predicted octanol–water partition coefficient (Wildman–Crippen LogP) is 1.74. The van der Waals surface area contributed by atoms with Crippen LogP contribution in [0.3, 0.4) is 0 Å². The van der Waals surface area contributed by atoms with E-state index in [2.05, 4.69) is 5.32 Å². The van der Waals surface area contributed by atoms with E-state index in [-0.39, 0.29) is 18.3 Å². The molecule has 0 aromatic heterocycles. The molecule has 0 heterocycles. The van der Waals surface area contributed by atoms with Gasteiger partial charge in [-0.05, 0) is 37.6 Å². The summed E-state index contributed by atoms with van der Waals surface area (Å²) >= 11 is 0. The Morgan fingerprint density at radius 2 is 1.83 bits per heavy atom. The van der Waals surface area contributed by atoms with Crippen molar-refractivity contribution in [3.8, 4) is 0 Å². The fraction of sp³-hybridized carbons (Fsp3) is 0.533. The van der Waals surface area contributed by atoms with Crippen molar-refractivity contribution in [2.75, 3.05) is 24.9 Å². The van der Waals surface area contributed by atoms with Crippen molar-refractivity contribution in [1.82, 2.24) is 9.62 Å². The number of anilines is 1. The summed E-state index contributed by atoms with van der Waals surface area (Å²) in [5, 5.41) is 2.77. The van der Waals surface area contributed by atoms with Gasteiger partial charge in [-0.2, -0.15) is 12.7 Å². The Morgan fingerprint density at radius 3 is 2.30 bits per heavy atom. The SMILES string of the molecule is CCC[C@@H](C)NC(=O)CN(c1ccc(F)cc1)S(=O)(=O)N(C)C. The number of rotatable bonds is 8. The molecule has 0 saturated carbocycles. The lowest BCUT2D eigenvalue weighted by Gasteiger charge is -2.27. The summed E-state index contributed by atoms with van der Waals surface area (Å²) < 4.78 is 39.9. The van der Waals surface area contributed by atoms with E-state index >= 15 is 0 Å². The molecule has 8 heteroatoms. The molecule has 0 aliphatic carbocycles. The minimum atomic E-state index is -3.86. The molecule has 1 atom stereocenters. The van der Waals surface area contributed by atoms with E-state index in [1.54, 1.807) is 0 Å². The van der Waals surface area contributed by atoms with Gasteiger partial charge in [0.15, 0.2) is 0 Å². The van der Waals surface area contributed by atoms with E-state index in [4.69, 9.17) is 0 Å². The second-order valence-corrected chi connectivity index (χ2v) is 7.60. The highest BCUT2D eigenvalue weighted by Gasteiger charge is 2.27. The van der Waals surface area contributed by atoms with Crippen LogP contribution in [-0.4, -0.2) is 45.3 Å². The third kappa shape index (κ3) is 5.47.